The Morgan fingerprint density at radius 2 is 2.17 bits per heavy atom. The smallest absolute Gasteiger partial charge is 0.123 e. The van der Waals surface area contributed by atoms with Gasteiger partial charge in [0, 0.05) is 12.2 Å². The second-order valence-electron chi connectivity index (χ2n) is 5.47. The van der Waals surface area contributed by atoms with Crippen LogP contribution < -0.4 is 4.74 Å². The van der Waals surface area contributed by atoms with Crippen molar-refractivity contribution in [2.75, 3.05) is 11.5 Å². The average Bonchev–Trinajstić information content (AvgIpc) is 3.11. The van der Waals surface area contributed by atoms with Crippen molar-refractivity contribution in [3.05, 3.63) is 29.8 Å². The second kappa shape index (κ2) is 5.14. The minimum atomic E-state index is -0.444. The lowest BCUT2D eigenvalue weighted by molar-refractivity contribution is 0.147. The van der Waals surface area contributed by atoms with Gasteiger partial charge in [-0.05, 0) is 43.1 Å². The van der Waals surface area contributed by atoms with Crippen LogP contribution in [0.5, 0.6) is 5.75 Å². The van der Waals surface area contributed by atoms with Crippen LogP contribution in [0.25, 0.3) is 0 Å². The first kappa shape index (κ1) is 12.4. The Morgan fingerprint density at radius 1 is 1.33 bits per heavy atom. The number of benzene rings is 1. The lowest BCUT2D eigenvalue weighted by Crippen LogP contribution is -2.24. The van der Waals surface area contributed by atoms with E-state index in [1.165, 1.54) is 12.2 Å². The fourth-order valence-electron chi connectivity index (χ4n) is 2.42. The minimum absolute atomic E-state index is 0.346. The Kier molecular flexibility index (Phi) is 3.53. The fourth-order valence-corrected chi connectivity index (χ4v) is 3.46. The van der Waals surface area contributed by atoms with E-state index >= 15 is 0 Å². The predicted octanol–water partition coefficient (Wildman–Crippen LogP) is 3.03. The standard InChI is InChI=1S/C15H20O2S/c16-15(7-8-15)10-12-4-1-2-6-14(12)17-13-5-3-9-18-11-13/h1-2,4,6,13,16H,3,5,7-11H2. The van der Waals surface area contributed by atoms with E-state index in [2.05, 4.69) is 6.07 Å². The van der Waals surface area contributed by atoms with Crippen molar-refractivity contribution in [1.82, 2.24) is 0 Å². The largest absolute Gasteiger partial charge is 0.489 e. The third kappa shape index (κ3) is 3.01. The van der Waals surface area contributed by atoms with Gasteiger partial charge in [-0.3, -0.25) is 0 Å². The molecule has 1 N–H and O–H groups in total. The number of aliphatic hydroxyl groups is 1. The van der Waals surface area contributed by atoms with E-state index in [1.807, 2.05) is 30.0 Å². The van der Waals surface area contributed by atoms with Gasteiger partial charge in [0.1, 0.15) is 11.9 Å². The van der Waals surface area contributed by atoms with E-state index in [-0.39, 0.29) is 0 Å². The topological polar surface area (TPSA) is 29.5 Å². The van der Waals surface area contributed by atoms with Crippen molar-refractivity contribution in [2.24, 2.45) is 0 Å². The summed E-state index contributed by atoms with van der Waals surface area (Å²) in [5.74, 6) is 3.34. The number of hydrogen-bond acceptors (Lipinski definition) is 3. The maximum absolute atomic E-state index is 10.1. The Labute approximate surface area is 113 Å². The number of thioether (sulfide) groups is 1. The van der Waals surface area contributed by atoms with Crippen molar-refractivity contribution in [2.45, 2.75) is 43.8 Å². The normalized spacial score (nSPS) is 25.7. The molecule has 3 heteroatoms. The molecule has 1 aromatic carbocycles. The van der Waals surface area contributed by atoms with Gasteiger partial charge in [0.05, 0.1) is 5.60 Å². The van der Waals surface area contributed by atoms with E-state index in [9.17, 15) is 5.11 Å². The monoisotopic (exact) mass is 264 g/mol. The predicted molar refractivity (Wildman–Crippen MR) is 75.3 cm³/mol. The molecule has 0 aromatic heterocycles. The fraction of sp³-hybridized carbons (Fsp3) is 0.600. The van der Waals surface area contributed by atoms with Gasteiger partial charge in [-0.25, -0.2) is 0 Å². The SMILES string of the molecule is OC1(Cc2ccccc2OC2CCCSC2)CC1. The summed E-state index contributed by atoms with van der Waals surface area (Å²) in [7, 11) is 0. The molecule has 98 valence electrons. The summed E-state index contributed by atoms with van der Waals surface area (Å²) in [5.41, 5.74) is 0.717. The molecular formula is C15H20O2S. The number of para-hydroxylation sites is 1. The van der Waals surface area contributed by atoms with Crippen LogP contribution in [-0.2, 0) is 6.42 Å². The summed E-state index contributed by atoms with van der Waals surface area (Å²) in [6.45, 7) is 0. The van der Waals surface area contributed by atoms with Crippen LogP contribution in [0.1, 0.15) is 31.2 Å². The van der Waals surface area contributed by atoms with E-state index in [0.717, 1.165) is 42.7 Å². The van der Waals surface area contributed by atoms with Crippen molar-refractivity contribution >= 4 is 11.8 Å². The minimum Gasteiger partial charge on any atom is -0.489 e. The van der Waals surface area contributed by atoms with Gasteiger partial charge >= 0.3 is 0 Å². The van der Waals surface area contributed by atoms with Gasteiger partial charge in [-0.2, -0.15) is 11.8 Å². The molecular weight excluding hydrogens is 244 g/mol. The molecule has 2 nitrogen and oxygen atoms in total. The first-order valence-corrected chi connectivity index (χ1v) is 7.95. The molecule has 1 aromatic rings. The Hall–Kier alpha value is -0.670. The molecule has 18 heavy (non-hydrogen) atoms. The highest BCUT2D eigenvalue weighted by atomic mass is 32.2. The highest BCUT2D eigenvalue weighted by molar-refractivity contribution is 7.99. The van der Waals surface area contributed by atoms with Gasteiger partial charge in [-0.1, -0.05) is 18.2 Å². The molecule has 0 bridgehead atoms. The lowest BCUT2D eigenvalue weighted by Gasteiger charge is -2.24. The lowest BCUT2D eigenvalue weighted by atomic mass is 10.1. The maximum Gasteiger partial charge on any atom is 0.123 e. The molecule has 1 unspecified atom stereocenters. The maximum atomic E-state index is 10.1. The van der Waals surface area contributed by atoms with Crippen molar-refractivity contribution in [3.8, 4) is 5.75 Å². The summed E-state index contributed by atoms with van der Waals surface area (Å²) in [6.07, 6.45) is 5.36. The number of hydrogen-bond donors (Lipinski definition) is 1. The molecule has 1 saturated carbocycles. The molecule has 1 atom stereocenters. The molecule has 1 saturated heterocycles. The Balaban J connectivity index is 1.69. The van der Waals surface area contributed by atoms with E-state index < -0.39 is 5.60 Å². The summed E-state index contributed by atoms with van der Waals surface area (Å²) in [6, 6.07) is 8.18. The van der Waals surface area contributed by atoms with Crippen LogP contribution in [0.15, 0.2) is 24.3 Å². The third-order valence-corrected chi connectivity index (χ3v) is 4.92. The first-order valence-electron chi connectivity index (χ1n) is 6.80. The molecule has 0 radical (unpaired) electrons. The van der Waals surface area contributed by atoms with E-state index in [1.54, 1.807) is 0 Å². The zero-order chi connectivity index (χ0) is 12.4. The van der Waals surface area contributed by atoms with Crippen molar-refractivity contribution in [1.29, 1.82) is 0 Å². The summed E-state index contributed by atoms with van der Waals surface area (Å²) in [5, 5.41) is 10.1. The molecule has 1 heterocycles. The highest BCUT2D eigenvalue weighted by Crippen LogP contribution is 2.40. The average molecular weight is 264 g/mol. The van der Waals surface area contributed by atoms with Crippen LogP contribution in [0, 0.1) is 0 Å². The van der Waals surface area contributed by atoms with Crippen LogP contribution in [0.3, 0.4) is 0 Å². The molecule has 1 aliphatic heterocycles. The quantitative estimate of drug-likeness (QED) is 0.906. The number of ether oxygens (including phenoxy) is 1. The van der Waals surface area contributed by atoms with Crippen molar-refractivity contribution in [3.63, 3.8) is 0 Å². The van der Waals surface area contributed by atoms with Crippen LogP contribution in [-0.4, -0.2) is 28.3 Å². The second-order valence-corrected chi connectivity index (χ2v) is 6.62. The molecule has 3 rings (SSSR count). The number of rotatable bonds is 4. The molecule has 2 fully saturated rings. The molecule has 0 amide bonds. The molecule has 0 spiro atoms. The van der Waals surface area contributed by atoms with Crippen LogP contribution in [0.2, 0.25) is 0 Å². The van der Waals surface area contributed by atoms with E-state index in [4.69, 9.17) is 4.74 Å². The van der Waals surface area contributed by atoms with E-state index in [0.29, 0.717) is 6.10 Å². The van der Waals surface area contributed by atoms with Gasteiger partial charge in [0.15, 0.2) is 0 Å². The summed E-state index contributed by atoms with van der Waals surface area (Å²) >= 11 is 1.98. The first-order chi connectivity index (χ1) is 8.75. The van der Waals surface area contributed by atoms with Crippen LogP contribution in [0.4, 0.5) is 0 Å². The summed E-state index contributed by atoms with van der Waals surface area (Å²) in [4.78, 5) is 0. The third-order valence-electron chi connectivity index (χ3n) is 3.73. The molecule has 1 aliphatic carbocycles. The zero-order valence-electron chi connectivity index (χ0n) is 10.6. The van der Waals surface area contributed by atoms with Crippen molar-refractivity contribution < 1.29 is 9.84 Å². The van der Waals surface area contributed by atoms with Gasteiger partial charge in [-0.15, -0.1) is 0 Å². The van der Waals surface area contributed by atoms with Crippen LogP contribution >= 0.6 is 11.8 Å². The Morgan fingerprint density at radius 3 is 2.89 bits per heavy atom. The Bertz CT molecular complexity index is 409. The molecule has 2 aliphatic rings. The zero-order valence-corrected chi connectivity index (χ0v) is 11.4. The van der Waals surface area contributed by atoms with Gasteiger partial charge in [0.2, 0.25) is 0 Å². The highest BCUT2D eigenvalue weighted by Gasteiger charge is 2.40. The van der Waals surface area contributed by atoms with Gasteiger partial charge in [0.25, 0.3) is 0 Å². The van der Waals surface area contributed by atoms with Gasteiger partial charge < -0.3 is 9.84 Å². The summed E-state index contributed by atoms with van der Waals surface area (Å²) < 4.78 is 6.13.